The van der Waals surface area contributed by atoms with Crippen molar-refractivity contribution in [2.24, 2.45) is 5.41 Å². The molecule has 3 amide bonds. The Hall–Kier alpha value is -2.44. The fourth-order valence-electron chi connectivity index (χ4n) is 4.15. The van der Waals surface area contributed by atoms with Crippen molar-refractivity contribution >= 4 is 12.1 Å². The van der Waals surface area contributed by atoms with E-state index in [2.05, 4.69) is 16.0 Å². The summed E-state index contributed by atoms with van der Waals surface area (Å²) in [6.07, 6.45) is 3.50. The zero-order chi connectivity index (χ0) is 20.4. The molecule has 0 radical (unpaired) electrons. The van der Waals surface area contributed by atoms with Crippen LogP contribution in [0.15, 0.2) is 24.3 Å². The molecule has 0 unspecified atom stereocenters. The second kappa shape index (κ2) is 7.89. The first-order chi connectivity index (χ1) is 13.2. The molecule has 2 fully saturated rings. The summed E-state index contributed by atoms with van der Waals surface area (Å²) in [6.45, 7) is 6.06. The van der Waals surface area contributed by atoms with E-state index in [-0.39, 0.29) is 29.6 Å². The van der Waals surface area contributed by atoms with E-state index in [9.17, 15) is 9.59 Å². The zero-order valence-corrected chi connectivity index (χ0v) is 17.1. The van der Waals surface area contributed by atoms with Crippen LogP contribution in [0.5, 0.6) is 5.75 Å². The molecule has 2 aliphatic carbocycles. The molecule has 154 valence electrons. The molecule has 3 N–H and O–H groups in total. The maximum Gasteiger partial charge on any atom is 0.407 e. The van der Waals surface area contributed by atoms with E-state index in [0.29, 0.717) is 6.54 Å². The molecule has 0 aliphatic heterocycles. The third kappa shape index (κ3) is 5.30. The molecular weight excluding hydrogens is 358 g/mol. The van der Waals surface area contributed by atoms with E-state index in [1.54, 1.807) is 7.11 Å². The molecule has 0 heterocycles. The van der Waals surface area contributed by atoms with Gasteiger partial charge in [0.05, 0.1) is 7.11 Å². The monoisotopic (exact) mass is 389 g/mol. The Morgan fingerprint density at radius 2 is 1.61 bits per heavy atom. The van der Waals surface area contributed by atoms with Crippen LogP contribution in [0.4, 0.5) is 9.59 Å². The number of carbonyl (C=O) groups is 2. The molecule has 28 heavy (non-hydrogen) atoms. The van der Waals surface area contributed by atoms with Crippen molar-refractivity contribution < 1.29 is 19.1 Å². The molecule has 2 aliphatic rings. The number of hydrogen-bond acceptors (Lipinski definition) is 4. The van der Waals surface area contributed by atoms with E-state index in [0.717, 1.165) is 37.0 Å². The maximum absolute atomic E-state index is 12.1. The first-order valence-electron chi connectivity index (χ1n) is 9.83. The van der Waals surface area contributed by atoms with Crippen molar-refractivity contribution in [2.45, 2.75) is 70.7 Å². The van der Waals surface area contributed by atoms with Crippen LogP contribution in [0.1, 0.15) is 52.0 Å². The first kappa shape index (κ1) is 20.3. The number of carbonyl (C=O) groups excluding carboxylic acids is 2. The normalized spacial score (nSPS) is 25.9. The van der Waals surface area contributed by atoms with Gasteiger partial charge in [-0.2, -0.15) is 0 Å². The van der Waals surface area contributed by atoms with E-state index >= 15 is 0 Å². The Kier molecular flexibility index (Phi) is 5.72. The van der Waals surface area contributed by atoms with Gasteiger partial charge in [0.1, 0.15) is 11.4 Å². The predicted molar refractivity (Wildman–Crippen MR) is 106 cm³/mol. The Morgan fingerprint density at radius 3 is 2.14 bits per heavy atom. The van der Waals surface area contributed by atoms with Crippen LogP contribution < -0.4 is 20.7 Å². The van der Waals surface area contributed by atoms with Crippen LogP contribution in [-0.4, -0.2) is 36.9 Å². The lowest BCUT2D eigenvalue weighted by Gasteiger charge is -2.57. The average molecular weight is 389 g/mol. The topological polar surface area (TPSA) is 88.7 Å². The Labute approximate surface area is 166 Å². The van der Waals surface area contributed by atoms with Crippen molar-refractivity contribution in [3.05, 3.63) is 29.8 Å². The van der Waals surface area contributed by atoms with Gasteiger partial charge in [0.15, 0.2) is 0 Å². The zero-order valence-electron chi connectivity index (χ0n) is 17.1. The van der Waals surface area contributed by atoms with Gasteiger partial charge in [-0.15, -0.1) is 0 Å². The Balaban J connectivity index is 1.30. The molecule has 0 bridgehead atoms. The molecule has 7 nitrogen and oxygen atoms in total. The number of methoxy groups -OCH3 is 1. The summed E-state index contributed by atoms with van der Waals surface area (Å²) in [6, 6.07) is 7.87. The van der Waals surface area contributed by atoms with E-state index in [4.69, 9.17) is 9.47 Å². The van der Waals surface area contributed by atoms with Crippen LogP contribution in [0.25, 0.3) is 0 Å². The van der Waals surface area contributed by atoms with Crippen molar-refractivity contribution in [1.82, 2.24) is 16.0 Å². The summed E-state index contributed by atoms with van der Waals surface area (Å²) in [4.78, 5) is 23.9. The number of ether oxygens (including phenoxy) is 2. The molecule has 2 saturated carbocycles. The molecular formula is C21H31N3O4. The summed E-state index contributed by atoms with van der Waals surface area (Å²) in [7, 11) is 1.63. The third-order valence-electron chi connectivity index (χ3n) is 5.39. The van der Waals surface area contributed by atoms with Gasteiger partial charge < -0.3 is 25.4 Å². The Bertz CT molecular complexity index is 697. The lowest BCUT2D eigenvalue weighted by molar-refractivity contribution is -0.0294. The number of urea groups is 1. The van der Waals surface area contributed by atoms with Crippen LogP contribution in [-0.2, 0) is 11.3 Å². The largest absolute Gasteiger partial charge is 0.497 e. The standard InChI is InChI=1S/C21H31N3O4/c1-20(2,3)28-19(26)24-16-11-21(12-16)9-15(10-21)23-18(25)22-13-14-5-7-17(27-4)8-6-14/h5-8,15-16H,9-13H2,1-4H3,(H,24,26)(H2,22,23,25). The fourth-order valence-corrected chi connectivity index (χ4v) is 4.15. The van der Waals surface area contributed by atoms with Gasteiger partial charge in [-0.25, -0.2) is 9.59 Å². The van der Waals surface area contributed by atoms with Gasteiger partial charge >= 0.3 is 12.1 Å². The van der Waals surface area contributed by atoms with Gasteiger partial charge in [0.2, 0.25) is 0 Å². The van der Waals surface area contributed by atoms with E-state index in [1.165, 1.54) is 0 Å². The highest BCUT2D eigenvalue weighted by Gasteiger charge is 2.53. The molecule has 0 atom stereocenters. The second-order valence-corrected chi connectivity index (χ2v) is 9.03. The fraction of sp³-hybridized carbons (Fsp3) is 0.619. The number of benzene rings is 1. The van der Waals surface area contributed by atoms with Crippen molar-refractivity contribution in [1.29, 1.82) is 0 Å². The smallest absolute Gasteiger partial charge is 0.407 e. The number of rotatable bonds is 5. The average Bonchev–Trinajstić information content (AvgIpc) is 2.55. The molecule has 1 aromatic carbocycles. The molecule has 3 rings (SSSR count). The molecule has 1 spiro atoms. The highest BCUT2D eigenvalue weighted by atomic mass is 16.6. The van der Waals surface area contributed by atoms with Crippen LogP contribution in [0, 0.1) is 5.41 Å². The predicted octanol–water partition coefficient (Wildman–Crippen LogP) is 3.33. The quantitative estimate of drug-likeness (QED) is 0.721. The highest BCUT2D eigenvalue weighted by Crippen LogP contribution is 2.55. The van der Waals surface area contributed by atoms with Gasteiger partial charge in [-0.1, -0.05) is 12.1 Å². The van der Waals surface area contributed by atoms with Crippen LogP contribution in [0.2, 0.25) is 0 Å². The molecule has 0 saturated heterocycles. The maximum atomic E-state index is 12.1. The summed E-state index contributed by atoms with van der Waals surface area (Å²) >= 11 is 0. The third-order valence-corrected chi connectivity index (χ3v) is 5.39. The van der Waals surface area contributed by atoms with Crippen molar-refractivity contribution in [3.8, 4) is 5.75 Å². The van der Waals surface area contributed by atoms with Gasteiger partial charge in [0, 0.05) is 18.6 Å². The minimum atomic E-state index is -0.476. The van der Waals surface area contributed by atoms with E-state index in [1.807, 2.05) is 45.0 Å². The van der Waals surface area contributed by atoms with Crippen molar-refractivity contribution in [3.63, 3.8) is 0 Å². The molecule has 1 aromatic rings. The molecule has 7 heteroatoms. The van der Waals surface area contributed by atoms with Crippen LogP contribution >= 0.6 is 0 Å². The van der Waals surface area contributed by atoms with E-state index < -0.39 is 5.60 Å². The highest BCUT2D eigenvalue weighted by molar-refractivity contribution is 5.74. The van der Waals surface area contributed by atoms with Crippen molar-refractivity contribution in [2.75, 3.05) is 7.11 Å². The summed E-state index contributed by atoms with van der Waals surface area (Å²) in [5.41, 5.74) is 0.820. The lowest BCUT2D eigenvalue weighted by Crippen LogP contribution is -2.62. The second-order valence-electron chi connectivity index (χ2n) is 9.03. The number of hydrogen-bond donors (Lipinski definition) is 3. The number of nitrogens with one attached hydrogen (secondary N) is 3. The minimum absolute atomic E-state index is 0.140. The number of alkyl carbamates (subject to hydrolysis) is 1. The van der Waals surface area contributed by atoms with Gasteiger partial charge in [0.25, 0.3) is 0 Å². The Morgan fingerprint density at radius 1 is 1.04 bits per heavy atom. The number of amides is 3. The summed E-state index contributed by atoms with van der Waals surface area (Å²) in [5, 5.41) is 8.85. The summed E-state index contributed by atoms with van der Waals surface area (Å²) < 4.78 is 10.4. The summed E-state index contributed by atoms with van der Waals surface area (Å²) in [5.74, 6) is 0.799. The van der Waals surface area contributed by atoms with Crippen LogP contribution in [0.3, 0.4) is 0 Å². The first-order valence-corrected chi connectivity index (χ1v) is 9.83. The molecule has 0 aromatic heterocycles. The SMILES string of the molecule is COc1ccc(CNC(=O)NC2CC3(C2)CC(NC(=O)OC(C)(C)C)C3)cc1. The van der Waals surface area contributed by atoms with Gasteiger partial charge in [-0.05, 0) is 69.6 Å². The van der Waals surface area contributed by atoms with Gasteiger partial charge in [-0.3, -0.25) is 0 Å². The lowest BCUT2D eigenvalue weighted by atomic mass is 9.52. The minimum Gasteiger partial charge on any atom is -0.497 e.